The molecule has 1 saturated heterocycles. The molecule has 0 spiro atoms. The fourth-order valence-corrected chi connectivity index (χ4v) is 5.95. The van der Waals surface area contributed by atoms with Crippen molar-refractivity contribution in [1.82, 2.24) is 9.88 Å². The second-order valence-corrected chi connectivity index (χ2v) is 11.4. The van der Waals surface area contributed by atoms with Gasteiger partial charge in [-0.05, 0) is 44.0 Å². The summed E-state index contributed by atoms with van der Waals surface area (Å²) < 4.78 is 69.0. The lowest BCUT2D eigenvalue weighted by molar-refractivity contribution is 0.00687. The summed E-state index contributed by atoms with van der Waals surface area (Å²) in [5, 5.41) is 4.41. The van der Waals surface area contributed by atoms with Gasteiger partial charge in [-0.1, -0.05) is 19.6 Å². The summed E-state index contributed by atoms with van der Waals surface area (Å²) in [5.41, 5.74) is 2.94. The second-order valence-electron chi connectivity index (χ2n) is 8.72. The zero-order valence-electron chi connectivity index (χ0n) is 18.2. The molecular weight excluding hydrogens is 483 g/mol. The summed E-state index contributed by atoms with van der Waals surface area (Å²) >= 11 is 1.20. The summed E-state index contributed by atoms with van der Waals surface area (Å²) in [7, 11) is -4.25. The van der Waals surface area contributed by atoms with Gasteiger partial charge in [0.15, 0.2) is 9.84 Å². The van der Waals surface area contributed by atoms with Crippen LogP contribution in [0.3, 0.4) is 0 Å². The SMILES string of the molecule is C.CC1(C)CCN1Cc1c(F)cccc1CNc1cc(F)c(S(=O)(=O)Cc2cscn2)c(F)c1. The lowest BCUT2D eigenvalue weighted by atomic mass is 9.88. The van der Waals surface area contributed by atoms with Gasteiger partial charge in [0.1, 0.15) is 22.3 Å². The van der Waals surface area contributed by atoms with E-state index < -0.39 is 32.1 Å². The summed E-state index contributed by atoms with van der Waals surface area (Å²) in [6, 6.07) is 6.62. The highest BCUT2D eigenvalue weighted by Gasteiger charge is 2.36. The maximum atomic E-state index is 14.7. The van der Waals surface area contributed by atoms with E-state index in [-0.39, 0.29) is 36.7 Å². The van der Waals surface area contributed by atoms with Crippen LogP contribution in [0.15, 0.2) is 46.1 Å². The standard InChI is InChI=1S/C23H24F3N3O2S2.CH4/c1-23(2)6-7-29(23)11-18-15(4-3-5-19(18)24)10-27-16-8-20(25)22(21(26)9-16)33(30,31)13-17-12-32-14-28-17;/h3-5,8-9,12,14,27H,6-7,10-11,13H2,1-2H3;1H4. The molecule has 34 heavy (non-hydrogen) atoms. The Balaban J connectivity index is 0.00000324. The smallest absolute Gasteiger partial charge is 0.189 e. The number of rotatable bonds is 8. The Hall–Kier alpha value is -2.43. The van der Waals surface area contributed by atoms with Crippen LogP contribution < -0.4 is 5.32 Å². The number of nitrogens with one attached hydrogen (secondary N) is 1. The van der Waals surface area contributed by atoms with Gasteiger partial charge in [0.2, 0.25) is 0 Å². The molecule has 10 heteroatoms. The molecule has 3 aromatic rings. The summed E-state index contributed by atoms with van der Waals surface area (Å²) in [6.07, 6.45) is 1.03. The van der Waals surface area contributed by atoms with E-state index in [4.69, 9.17) is 0 Å². The minimum atomic E-state index is -4.25. The Morgan fingerprint density at radius 1 is 1.15 bits per heavy atom. The Kier molecular flexibility index (Phi) is 7.74. The molecule has 1 aliphatic rings. The van der Waals surface area contributed by atoms with Gasteiger partial charge in [0.05, 0.1) is 17.0 Å². The maximum absolute atomic E-state index is 14.7. The highest BCUT2D eigenvalue weighted by Crippen LogP contribution is 2.33. The lowest BCUT2D eigenvalue weighted by Crippen LogP contribution is -2.55. The van der Waals surface area contributed by atoms with Gasteiger partial charge in [-0.25, -0.2) is 26.6 Å². The van der Waals surface area contributed by atoms with E-state index in [1.165, 1.54) is 28.3 Å². The van der Waals surface area contributed by atoms with Crippen LogP contribution in [0.4, 0.5) is 18.9 Å². The molecule has 1 N–H and O–H groups in total. The van der Waals surface area contributed by atoms with E-state index in [0.29, 0.717) is 17.7 Å². The maximum Gasteiger partial charge on any atom is 0.189 e. The Morgan fingerprint density at radius 2 is 1.85 bits per heavy atom. The third-order valence-electron chi connectivity index (χ3n) is 6.03. The molecule has 2 heterocycles. The fraction of sp³-hybridized carbons (Fsp3) is 0.375. The van der Waals surface area contributed by atoms with Crippen molar-refractivity contribution in [3.8, 4) is 0 Å². The molecular formula is C24H28F3N3O2S2. The molecule has 0 atom stereocenters. The molecule has 5 nitrogen and oxygen atoms in total. The topological polar surface area (TPSA) is 62.3 Å². The predicted octanol–water partition coefficient (Wildman–Crippen LogP) is 5.77. The number of anilines is 1. The predicted molar refractivity (Wildman–Crippen MR) is 129 cm³/mol. The number of hydrogen-bond donors (Lipinski definition) is 1. The number of nitrogens with zero attached hydrogens (tertiary/aromatic N) is 2. The first kappa shape index (κ1) is 26.2. The minimum Gasteiger partial charge on any atom is -0.381 e. The number of halogens is 3. The number of benzene rings is 2. The Bertz CT molecular complexity index is 1240. The average Bonchev–Trinajstić information content (AvgIpc) is 3.22. The first-order valence-corrected chi connectivity index (χ1v) is 13.0. The Labute approximate surface area is 202 Å². The van der Waals surface area contributed by atoms with Crippen LogP contribution in [0.2, 0.25) is 0 Å². The number of thiazole rings is 1. The summed E-state index contributed by atoms with van der Waals surface area (Å²) in [4.78, 5) is 5.07. The van der Waals surface area contributed by atoms with Gasteiger partial charge in [-0.2, -0.15) is 0 Å². The van der Waals surface area contributed by atoms with E-state index in [9.17, 15) is 21.6 Å². The van der Waals surface area contributed by atoms with Crippen LogP contribution in [0.25, 0.3) is 0 Å². The molecule has 184 valence electrons. The molecule has 1 fully saturated rings. The van der Waals surface area contributed by atoms with Crippen LogP contribution in [0, 0.1) is 17.5 Å². The monoisotopic (exact) mass is 511 g/mol. The average molecular weight is 512 g/mol. The molecule has 0 amide bonds. The van der Waals surface area contributed by atoms with Gasteiger partial charge >= 0.3 is 0 Å². The highest BCUT2D eigenvalue weighted by atomic mass is 32.2. The number of likely N-dealkylation sites (tertiary alicyclic amines) is 1. The van der Waals surface area contributed by atoms with E-state index in [0.717, 1.165) is 25.1 Å². The van der Waals surface area contributed by atoms with Crippen molar-refractivity contribution in [2.45, 2.75) is 57.0 Å². The van der Waals surface area contributed by atoms with Crippen LogP contribution in [0.1, 0.15) is 44.5 Å². The van der Waals surface area contributed by atoms with Crippen molar-refractivity contribution in [3.05, 3.63) is 75.5 Å². The quantitative estimate of drug-likeness (QED) is 0.416. The first-order chi connectivity index (χ1) is 15.6. The second kappa shape index (κ2) is 10.1. The van der Waals surface area contributed by atoms with Crippen molar-refractivity contribution in [1.29, 1.82) is 0 Å². The van der Waals surface area contributed by atoms with Crippen molar-refractivity contribution in [2.24, 2.45) is 0 Å². The van der Waals surface area contributed by atoms with Gasteiger partial charge in [0.25, 0.3) is 0 Å². The van der Waals surface area contributed by atoms with Crippen molar-refractivity contribution in [2.75, 3.05) is 11.9 Å². The summed E-state index contributed by atoms with van der Waals surface area (Å²) in [5.74, 6) is -3.29. The molecule has 1 aliphatic heterocycles. The fourth-order valence-electron chi connectivity index (χ4n) is 3.88. The third-order valence-corrected chi connectivity index (χ3v) is 8.35. The third kappa shape index (κ3) is 5.45. The molecule has 0 saturated carbocycles. The van der Waals surface area contributed by atoms with E-state index in [1.54, 1.807) is 12.1 Å². The number of aromatic nitrogens is 1. The van der Waals surface area contributed by atoms with Gasteiger partial charge in [-0.15, -0.1) is 11.3 Å². The van der Waals surface area contributed by atoms with Gasteiger partial charge in [-0.3, -0.25) is 4.90 Å². The van der Waals surface area contributed by atoms with Crippen molar-refractivity contribution in [3.63, 3.8) is 0 Å². The van der Waals surface area contributed by atoms with Crippen LogP contribution >= 0.6 is 11.3 Å². The molecule has 0 aliphatic carbocycles. The number of hydrogen-bond acceptors (Lipinski definition) is 6. The summed E-state index contributed by atoms with van der Waals surface area (Å²) in [6.45, 7) is 5.65. The number of sulfone groups is 1. The van der Waals surface area contributed by atoms with Gasteiger partial charge < -0.3 is 5.32 Å². The molecule has 1 aromatic heterocycles. The van der Waals surface area contributed by atoms with Crippen LogP contribution in [0.5, 0.6) is 0 Å². The van der Waals surface area contributed by atoms with Crippen molar-refractivity contribution < 1.29 is 21.6 Å². The molecule has 0 unspecified atom stereocenters. The zero-order valence-corrected chi connectivity index (χ0v) is 19.9. The lowest BCUT2D eigenvalue weighted by Gasteiger charge is -2.48. The van der Waals surface area contributed by atoms with Crippen molar-refractivity contribution >= 4 is 26.9 Å². The first-order valence-electron chi connectivity index (χ1n) is 10.4. The molecule has 4 rings (SSSR count). The molecule has 2 aromatic carbocycles. The minimum absolute atomic E-state index is 0. The van der Waals surface area contributed by atoms with Crippen LogP contribution in [-0.2, 0) is 28.7 Å². The highest BCUT2D eigenvalue weighted by molar-refractivity contribution is 7.90. The van der Waals surface area contributed by atoms with E-state index in [2.05, 4.69) is 29.0 Å². The van der Waals surface area contributed by atoms with E-state index >= 15 is 0 Å². The zero-order chi connectivity index (χ0) is 23.8. The molecule has 0 bridgehead atoms. The molecule has 0 radical (unpaired) electrons. The Morgan fingerprint density at radius 3 is 2.41 bits per heavy atom. The van der Waals surface area contributed by atoms with E-state index in [1.807, 2.05) is 0 Å². The van der Waals surface area contributed by atoms with Crippen LogP contribution in [-0.4, -0.2) is 30.4 Å². The van der Waals surface area contributed by atoms with Gasteiger partial charge in [0, 0.05) is 41.8 Å². The normalized spacial score (nSPS) is 15.4. The largest absolute Gasteiger partial charge is 0.381 e.